The molecule has 0 spiro atoms. The number of nitrogens with two attached hydrogens (primary N) is 1. The molecule has 3 nitrogen and oxygen atoms in total. The third-order valence-electron chi connectivity index (χ3n) is 3.02. The molecule has 0 saturated carbocycles. The van der Waals surface area contributed by atoms with Crippen LogP contribution in [0.15, 0.2) is 42.6 Å². The van der Waals surface area contributed by atoms with Crippen LogP contribution in [-0.2, 0) is 0 Å². The molecule has 0 aliphatic carbocycles. The number of aromatic nitrogens is 1. The highest BCUT2D eigenvalue weighted by Crippen LogP contribution is 2.23. The molecule has 0 aliphatic heterocycles. The standard InChI is InChI=1S/C15H19N3/c1-3-14(12-7-5-4-6-8-12)18-15-11(2)9-13(16)10-17-15/h4-10,14H,3,16H2,1-2H3,(H,17,18). The van der Waals surface area contributed by atoms with Crippen molar-refractivity contribution in [1.82, 2.24) is 4.98 Å². The van der Waals surface area contributed by atoms with Gasteiger partial charge >= 0.3 is 0 Å². The van der Waals surface area contributed by atoms with Gasteiger partial charge in [-0.15, -0.1) is 0 Å². The first-order valence-electron chi connectivity index (χ1n) is 6.24. The third-order valence-corrected chi connectivity index (χ3v) is 3.02. The van der Waals surface area contributed by atoms with E-state index in [9.17, 15) is 0 Å². The smallest absolute Gasteiger partial charge is 0.129 e. The first kappa shape index (κ1) is 12.4. The summed E-state index contributed by atoms with van der Waals surface area (Å²) in [5.41, 5.74) is 8.76. The maximum absolute atomic E-state index is 5.71. The quantitative estimate of drug-likeness (QED) is 0.860. The van der Waals surface area contributed by atoms with Gasteiger partial charge in [-0.2, -0.15) is 0 Å². The first-order chi connectivity index (χ1) is 8.70. The number of nitrogen functional groups attached to an aromatic ring is 1. The van der Waals surface area contributed by atoms with E-state index in [0.717, 1.165) is 17.8 Å². The predicted molar refractivity (Wildman–Crippen MR) is 76.5 cm³/mol. The highest BCUT2D eigenvalue weighted by atomic mass is 15.0. The Balaban J connectivity index is 2.21. The zero-order valence-electron chi connectivity index (χ0n) is 10.9. The van der Waals surface area contributed by atoms with Gasteiger partial charge < -0.3 is 11.1 Å². The first-order valence-corrected chi connectivity index (χ1v) is 6.24. The van der Waals surface area contributed by atoms with Gasteiger partial charge in [-0.25, -0.2) is 4.98 Å². The second-order valence-electron chi connectivity index (χ2n) is 4.45. The van der Waals surface area contributed by atoms with Crippen LogP contribution in [0.4, 0.5) is 11.5 Å². The molecule has 3 heteroatoms. The molecule has 1 unspecified atom stereocenters. The molecule has 1 aromatic heterocycles. The molecule has 0 saturated heterocycles. The minimum Gasteiger partial charge on any atom is -0.397 e. The lowest BCUT2D eigenvalue weighted by molar-refractivity contribution is 0.743. The van der Waals surface area contributed by atoms with Crippen LogP contribution in [0.2, 0.25) is 0 Å². The summed E-state index contributed by atoms with van der Waals surface area (Å²) >= 11 is 0. The van der Waals surface area contributed by atoms with Crippen LogP contribution in [0.25, 0.3) is 0 Å². The molecule has 1 aromatic carbocycles. The summed E-state index contributed by atoms with van der Waals surface area (Å²) in [5, 5.41) is 3.47. The summed E-state index contributed by atoms with van der Waals surface area (Å²) in [6, 6.07) is 12.6. The fourth-order valence-corrected chi connectivity index (χ4v) is 2.02. The van der Waals surface area contributed by atoms with Gasteiger partial charge in [0.15, 0.2) is 0 Å². The monoisotopic (exact) mass is 241 g/mol. The summed E-state index contributed by atoms with van der Waals surface area (Å²) in [4.78, 5) is 4.35. The van der Waals surface area contributed by atoms with Crippen LogP contribution in [0, 0.1) is 6.92 Å². The molecule has 0 bridgehead atoms. The van der Waals surface area contributed by atoms with Crippen LogP contribution < -0.4 is 11.1 Å². The van der Waals surface area contributed by atoms with E-state index < -0.39 is 0 Å². The average molecular weight is 241 g/mol. The van der Waals surface area contributed by atoms with E-state index >= 15 is 0 Å². The number of anilines is 2. The van der Waals surface area contributed by atoms with E-state index in [1.807, 2.05) is 19.1 Å². The van der Waals surface area contributed by atoms with Gasteiger partial charge in [-0.3, -0.25) is 0 Å². The summed E-state index contributed by atoms with van der Waals surface area (Å²) in [7, 11) is 0. The largest absolute Gasteiger partial charge is 0.397 e. The molecule has 0 amide bonds. The molecule has 3 N–H and O–H groups in total. The minimum atomic E-state index is 0.279. The van der Waals surface area contributed by atoms with Crippen molar-refractivity contribution in [2.75, 3.05) is 11.1 Å². The number of hydrogen-bond donors (Lipinski definition) is 2. The highest BCUT2D eigenvalue weighted by molar-refractivity contribution is 5.51. The van der Waals surface area contributed by atoms with E-state index in [4.69, 9.17) is 5.73 Å². The Morgan fingerprint density at radius 1 is 1.28 bits per heavy atom. The van der Waals surface area contributed by atoms with E-state index in [1.54, 1.807) is 6.20 Å². The zero-order valence-corrected chi connectivity index (χ0v) is 10.9. The van der Waals surface area contributed by atoms with Gasteiger partial charge in [-0.05, 0) is 30.5 Å². The van der Waals surface area contributed by atoms with Crippen LogP contribution >= 0.6 is 0 Å². The van der Waals surface area contributed by atoms with Crippen molar-refractivity contribution >= 4 is 11.5 Å². The second kappa shape index (κ2) is 5.54. The van der Waals surface area contributed by atoms with Gasteiger partial charge in [0, 0.05) is 0 Å². The number of benzene rings is 1. The van der Waals surface area contributed by atoms with Crippen molar-refractivity contribution in [2.45, 2.75) is 26.3 Å². The minimum absolute atomic E-state index is 0.279. The summed E-state index contributed by atoms with van der Waals surface area (Å²) in [5.74, 6) is 0.903. The third kappa shape index (κ3) is 2.80. The molecular weight excluding hydrogens is 222 g/mol. The molecule has 94 valence electrons. The van der Waals surface area contributed by atoms with Crippen molar-refractivity contribution in [3.05, 3.63) is 53.7 Å². The van der Waals surface area contributed by atoms with Crippen molar-refractivity contribution < 1.29 is 0 Å². The van der Waals surface area contributed by atoms with E-state index in [-0.39, 0.29) is 6.04 Å². The molecule has 1 heterocycles. The molecule has 18 heavy (non-hydrogen) atoms. The Morgan fingerprint density at radius 3 is 2.61 bits per heavy atom. The number of nitrogens with one attached hydrogen (secondary N) is 1. The summed E-state index contributed by atoms with van der Waals surface area (Å²) in [6.45, 7) is 4.18. The maximum Gasteiger partial charge on any atom is 0.129 e. The van der Waals surface area contributed by atoms with Crippen LogP contribution in [0.3, 0.4) is 0 Å². The molecule has 0 aliphatic rings. The van der Waals surface area contributed by atoms with E-state index in [2.05, 4.69) is 41.5 Å². The van der Waals surface area contributed by atoms with Crippen LogP contribution in [0.1, 0.15) is 30.5 Å². The summed E-state index contributed by atoms with van der Waals surface area (Å²) in [6.07, 6.45) is 2.70. The Kier molecular flexibility index (Phi) is 3.82. The predicted octanol–water partition coefficient (Wildman–Crippen LogP) is 3.54. The van der Waals surface area contributed by atoms with Crippen molar-refractivity contribution in [2.24, 2.45) is 0 Å². The highest BCUT2D eigenvalue weighted by Gasteiger charge is 2.10. The van der Waals surface area contributed by atoms with Crippen molar-refractivity contribution in [3.8, 4) is 0 Å². The van der Waals surface area contributed by atoms with Gasteiger partial charge in [-0.1, -0.05) is 37.3 Å². The number of pyridine rings is 1. The lowest BCUT2D eigenvalue weighted by Crippen LogP contribution is -2.11. The zero-order chi connectivity index (χ0) is 13.0. The second-order valence-corrected chi connectivity index (χ2v) is 4.45. The van der Waals surface area contributed by atoms with E-state index in [1.165, 1.54) is 5.56 Å². The lowest BCUT2D eigenvalue weighted by atomic mass is 10.0. The molecule has 1 atom stereocenters. The number of rotatable bonds is 4. The maximum atomic E-state index is 5.71. The van der Waals surface area contributed by atoms with Crippen molar-refractivity contribution in [1.29, 1.82) is 0 Å². The average Bonchev–Trinajstić information content (AvgIpc) is 2.39. The lowest BCUT2D eigenvalue weighted by Gasteiger charge is -2.19. The number of nitrogens with zero attached hydrogens (tertiary/aromatic N) is 1. The fraction of sp³-hybridized carbons (Fsp3) is 0.267. The van der Waals surface area contributed by atoms with Crippen LogP contribution in [0.5, 0.6) is 0 Å². The molecule has 0 radical (unpaired) electrons. The van der Waals surface area contributed by atoms with Gasteiger partial charge in [0.1, 0.15) is 5.82 Å². The number of aryl methyl sites for hydroxylation is 1. The van der Waals surface area contributed by atoms with Crippen molar-refractivity contribution in [3.63, 3.8) is 0 Å². The Bertz CT molecular complexity index is 508. The Labute approximate surface area is 108 Å². The molecule has 2 rings (SSSR count). The molecule has 0 fully saturated rings. The van der Waals surface area contributed by atoms with Gasteiger partial charge in [0.2, 0.25) is 0 Å². The molecular formula is C15H19N3. The Hall–Kier alpha value is -2.03. The normalized spacial score (nSPS) is 12.1. The molecule has 2 aromatic rings. The van der Waals surface area contributed by atoms with Gasteiger partial charge in [0.25, 0.3) is 0 Å². The van der Waals surface area contributed by atoms with E-state index in [0.29, 0.717) is 5.69 Å². The Morgan fingerprint density at radius 2 is 2.00 bits per heavy atom. The van der Waals surface area contributed by atoms with Gasteiger partial charge in [0.05, 0.1) is 17.9 Å². The fourth-order valence-electron chi connectivity index (χ4n) is 2.02. The SMILES string of the molecule is CCC(Nc1ncc(N)cc1C)c1ccccc1. The number of hydrogen-bond acceptors (Lipinski definition) is 3. The topological polar surface area (TPSA) is 50.9 Å². The summed E-state index contributed by atoms with van der Waals surface area (Å²) < 4.78 is 0. The van der Waals surface area contributed by atoms with Crippen LogP contribution in [-0.4, -0.2) is 4.98 Å².